The van der Waals surface area contributed by atoms with E-state index >= 15 is 0 Å². The first kappa shape index (κ1) is 17.6. The highest BCUT2D eigenvalue weighted by Crippen LogP contribution is 2.24. The fourth-order valence-electron chi connectivity index (χ4n) is 2.90. The number of carbonyl (C=O) groups excluding carboxylic acids is 1. The first-order chi connectivity index (χ1) is 13.0. The summed E-state index contributed by atoms with van der Waals surface area (Å²) in [6.07, 6.45) is 2.75. The second-order valence-corrected chi connectivity index (χ2v) is 6.27. The average Bonchev–Trinajstić information content (AvgIpc) is 3.11. The van der Waals surface area contributed by atoms with Crippen LogP contribution in [0.1, 0.15) is 28.7 Å². The van der Waals surface area contributed by atoms with Gasteiger partial charge in [-0.05, 0) is 13.0 Å². The molecule has 0 radical (unpaired) electrons. The number of hydrogen-bond acceptors (Lipinski definition) is 6. The number of esters is 1. The molecule has 138 valence electrons. The highest BCUT2D eigenvalue weighted by molar-refractivity contribution is 6.31. The van der Waals surface area contributed by atoms with E-state index in [0.29, 0.717) is 30.4 Å². The lowest BCUT2D eigenvalue weighted by Crippen LogP contribution is -2.21. The van der Waals surface area contributed by atoms with Crippen molar-refractivity contribution in [2.24, 2.45) is 0 Å². The molecule has 1 aliphatic rings. The van der Waals surface area contributed by atoms with Crippen molar-refractivity contribution in [3.8, 4) is 5.82 Å². The van der Waals surface area contributed by atoms with Gasteiger partial charge in [0.15, 0.2) is 5.82 Å². The van der Waals surface area contributed by atoms with Gasteiger partial charge >= 0.3 is 5.97 Å². The maximum absolute atomic E-state index is 14.1. The van der Waals surface area contributed by atoms with E-state index in [1.165, 1.54) is 23.0 Å². The largest absolute Gasteiger partial charge is 0.462 e. The summed E-state index contributed by atoms with van der Waals surface area (Å²) in [7, 11) is 0. The molecule has 0 spiro atoms. The maximum Gasteiger partial charge on any atom is 0.343 e. The van der Waals surface area contributed by atoms with Gasteiger partial charge in [0.2, 0.25) is 5.43 Å². The summed E-state index contributed by atoms with van der Waals surface area (Å²) in [6.45, 7) is 2.41. The second-order valence-electron chi connectivity index (χ2n) is 5.86. The maximum atomic E-state index is 14.1. The zero-order valence-corrected chi connectivity index (χ0v) is 14.9. The molecular formula is C18H13ClFN3O4. The Morgan fingerprint density at radius 1 is 1.37 bits per heavy atom. The molecule has 7 nitrogen and oxygen atoms in total. The van der Waals surface area contributed by atoms with Crippen LogP contribution in [0, 0.1) is 5.82 Å². The van der Waals surface area contributed by atoms with Crippen LogP contribution < -0.4 is 5.43 Å². The Morgan fingerprint density at radius 2 is 2.15 bits per heavy atom. The van der Waals surface area contributed by atoms with E-state index in [-0.39, 0.29) is 28.1 Å². The number of rotatable bonds is 3. The molecule has 4 rings (SSSR count). The van der Waals surface area contributed by atoms with Crippen molar-refractivity contribution in [3.63, 3.8) is 0 Å². The number of pyridine rings is 1. The van der Waals surface area contributed by atoms with Crippen molar-refractivity contribution in [2.45, 2.75) is 20.1 Å². The minimum absolute atomic E-state index is 0.0745. The van der Waals surface area contributed by atoms with Crippen LogP contribution in [0.3, 0.4) is 0 Å². The predicted molar refractivity (Wildman–Crippen MR) is 94.6 cm³/mol. The zero-order chi connectivity index (χ0) is 19.1. The Hall–Kier alpha value is -2.84. The van der Waals surface area contributed by atoms with Gasteiger partial charge in [-0.2, -0.15) is 0 Å². The number of halogens is 2. The summed E-state index contributed by atoms with van der Waals surface area (Å²) >= 11 is 5.84. The van der Waals surface area contributed by atoms with E-state index in [1.807, 2.05) is 0 Å². The Labute approximate surface area is 157 Å². The van der Waals surface area contributed by atoms with Crippen LogP contribution in [-0.4, -0.2) is 27.1 Å². The topological polar surface area (TPSA) is 83.3 Å². The van der Waals surface area contributed by atoms with Crippen LogP contribution in [0.25, 0.3) is 16.7 Å². The number of ether oxygens (including phenoxy) is 2. The standard InChI is InChI=1S/C18H13ClFN3O4/c1-2-27-18(25)10-6-23(16-5-21-13-7-26-8-14(13)22-16)15-4-12(20)11(19)3-9(15)17(10)24/h3-6H,2,7-8H2,1H3. The van der Waals surface area contributed by atoms with Gasteiger partial charge < -0.3 is 9.47 Å². The number of carbonyl (C=O) groups is 1. The molecule has 0 fully saturated rings. The van der Waals surface area contributed by atoms with Crippen LogP contribution in [0.15, 0.2) is 29.3 Å². The molecule has 0 aliphatic carbocycles. The molecule has 0 bridgehead atoms. The number of fused-ring (bicyclic) bond motifs is 2. The predicted octanol–water partition coefficient (Wildman–Crippen LogP) is 2.78. The molecule has 27 heavy (non-hydrogen) atoms. The van der Waals surface area contributed by atoms with Crippen LogP contribution in [0.5, 0.6) is 0 Å². The summed E-state index contributed by atoms with van der Waals surface area (Å²) in [5.74, 6) is -1.16. The van der Waals surface area contributed by atoms with E-state index in [0.717, 1.165) is 6.07 Å². The third-order valence-electron chi connectivity index (χ3n) is 4.18. The molecule has 0 atom stereocenters. The fraction of sp³-hybridized carbons (Fsp3) is 0.222. The second kappa shape index (κ2) is 6.71. The molecule has 0 N–H and O–H groups in total. The highest BCUT2D eigenvalue weighted by Gasteiger charge is 2.21. The van der Waals surface area contributed by atoms with Crippen molar-refractivity contribution < 1.29 is 18.7 Å². The molecule has 3 aromatic rings. The molecule has 1 aliphatic heterocycles. The number of hydrogen-bond donors (Lipinski definition) is 0. The third kappa shape index (κ3) is 2.96. The molecular weight excluding hydrogens is 377 g/mol. The van der Waals surface area contributed by atoms with Crippen molar-refractivity contribution in [3.05, 3.63) is 62.5 Å². The Bertz CT molecular complexity index is 1150. The summed E-state index contributed by atoms with van der Waals surface area (Å²) in [6, 6.07) is 2.32. The fourth-order valence-corrected chi connectivity index (χ4v) is 3.07. The summed E-state index contributed by atoms with van der Waals surface area (Å²) < 4.78 is 25.8. The van der Waals surface area contributed by atoms with Gasteiger partial charge in [0.05, 0.1) is 47.9 Å². The molecule has 0 amide bonds. The average molecular weight is 390 g/mol. The van der Waals surface area contributed by atoms with E-state index in [9.17, 15) is 14.0 Å². The first-order valence-electron chi connectivity index (χ1n) is 8.14. The molecule has 0 saturated heterocycles. The summed E-state index contributed by atoms with van der Waals surface area (Å²) in [5.41, 5.74) is 0.767. The normalized spacial score (nSPS) is 13.0. The lowest BCUT2D eigenvalue weighted by molar-refractivity contribution is 0.0524. The molecule has 1 aromatic carbocycles. The SMILES string of the molecule is CCOC(=O)c1cn(-c2cnc3c(n2)COC3)c2cc(F)c(Cl)cc2c1=O. The van der Waals surface area contributed by atoms with Crippen molar-refractivity contribution >= 4 is 28.5 Å². The molecule has 9 heteroatoms. The van der Waals surface area contributed by atoms with Gasteiger partial charge in [-0.25, -0.2) is 14.2 Å². The quantitative estimate of drug-likeness (QED) is 0.640. The first-order valence-corrected chi connectivity index (χ1v) is 8.52. The van der Waals surface area contributed by atoms with Crippen LogP contribution >= 0.6 is 11.6 Å². The van der Waals surface area contributed by atoms with E-state index < -0.39 is 17.2 Å². The van der Waals surface area contributed by atoms with Gasteiger partial charge in [-0.1, -0.05) is 11.6 Å². The molecule has 2 aromatic heterocycles. The lowest BCUT2D eigenvalue weighted by Gasteiger charge is -2.13. The van der Waals surface area contributed by atoms with Crippen LogP contribution in [-0.2, 0) is 22.7 Å². The Balaban J connectivity index is 2.03. The van der Waals surface area contributed by atoms with Gasteiger partial charge in [0.25, 0.3) is 0 Å². The van der Waals surface area contributed by atoms with E-state index in [4.69, 9.17) is 21.1 Å². The van der Waals surface area contributed by atoms with Crippen molar-refractivity contribution in [1.29, 1.82) is 0 Å². The monoisotopic (exact) mass is 389 g/mol. The van der Waals surface area contributed by atoms with Crippen LogP contribution in [0.4, 0.5) is 4.39 Å². The van der Waals surface area contributed by atoms with E-state index in [2.05, 4.69) is 9.97 Å². The molecule has 3 heterocycles. The Kier molecular flexibility index (Phi) is 4.37. The number of nitrogens with zero attached hydrogens (tertiary/aromatic N) is 3. The van der Waals surface area contributed by atoms with Gasteiger partial charge in [0.1, 0.15) is 11.4 Å². The van der Waals surface area contributed by atoms with Crippen LogP contribution in [0.2, 0.25) is 5.02 Å². The van der Waals surface area contributed by atoms with E-state index in [1.54, 1.807) is 6.92 Å². The van der Waals surface area contributed by atoms with Crippen molar-refractivity contribution in [1.82, 2.24) is 14.5 Å². The molecule has 0 saturated carbocycles. The van der Waals surface area contributed by atoms with Gasteiger partial charge in [0, 0.05) is 17.6 Å². The minimum Gasteiger partial charge on any atom is -0.462 e. The van der Waals surface area contributed by atoms with Gasteiger partial charge in [-0.15, -0.1) is 0 Å². The Morgan fingerprint density at radius 3 is 2.93 bits per heavy atom. The van der Waals surface area contributed by atoms with Crippen molar-refractivity contribution in [2.75, 3.05) is 6.61 Å². The zero-order valence-electron chi connectivity index (χ0n) is 14.2. The van der Waals surface area contributed by atoms with Gasteiger partial charge in [-0.3, -0.25) is 14.3 Å². The summed E-state index contributed by atoms with van der Waals surface area (Å²) in [4.78, 5) is 33.7. The number of aromatic nitrogens is 3. The third-order valence-corrected chi connectivity index (χ3v) is 4.47. The summed E-state index contributed by atoms with van der Waals surface area (Å²) in [5, 5.41) is -0.147. The number of benzene rings is 1. The minimum atomic E-state index is -0.781. The highest BCUT2D eigenvalue weighted by atomic mass is 35.5. The smallest absolute Gasteiger partial charge is 0.343 e. The lowest BCUT2D eigenvalue weighted by atomic mass is 10.1. The molecule has 0 unspecified atom stereocenters.